The van der Waals surface area contributed by atoms with E-state index >= 15 is 0 Å². The summed E-state index contributed by atoms with van der Waals surface area (Å²) in [6.07, 6.45) is -0.383. The third-order valence-corrected chi connectivity index (χ3v) is 4.89. The number of carbonyl (C=O) groups is 3. The van der Waals surface area contributed by atoms with Gasteiger partial charge in [-0.2, -0.15) is 9.28 Å². The Kier molecular flexibility index (Phi) is 6.26. The van der Waals surface area contributed by atoms with Crippen LogP contribution in [0.3, 0.4) is 0 Å². The lowest BCUT2D eigenvalue weighted by atomic mass is 10.0. The molecule has 1 heterocycles. The van der Waals surface area contributed by atoms with Gasteiger partial charge in [-0.05, 0) is 33.3 Å². The van der Waals surface area contributed by atoms with Gasteiger partial charge in [0.15, 0.2) is 6.04 Å². The van der Waals surface area contributed by atoms with Crippen molar-refractivity contribution in [1.29, 1.82) is 0 Å². The standard InChI is InChI=1S/C20H28N2O5/c1-14-9-8-12-22(14,19(25)26)17(23)16(13-15-10-6-5-7-11-15)21-18(24)27-20(2,3)4/h5-7,10-11,14,16H,8-9,12-13H2,1-4H3,(H-,21,24,25,26)/p+1/t14-,16-,22?/m1/s1. The molecule has 1 aromatic carbocycles. The smallest absolute Gasteiger partial charge is 0.444 e. The van der Waals surface area contributed by atoms with E-state index in [9.17, 15) is 19.5 Å². The third-order valence-electron chi connectivity index (χ3n) is 4.89. The number of rotatable bonds is 4. The lowest BCUT2D eigenvalue weighted by Gasteiger charge is -2.33. The van der Waals surface area contributed by atoms with E-state index in [0.717, 1.165) is 5.56 Å². The molecule has 3 atom stereocenters. The topological polar surface area (TPSA) is 92.7 Å². The monoisotopic (exact) mass is 377 g/mol. The number of likely N-dealkylation sites (tertiary alicyclic amines) is 1. The summed E-state index contributed by atoms with van der Waals surface area (Å²) in [5.74, 6) is -0.512. The maximum absolute atomic E-state index is 13.3. The summed E-state index contributed by atoms with van der Waals surface area (Å²) in [7, 11) is 0. The molecule has 1 aromatic rings. The second-order valence-corrected chi connectivity index (χ2v) is 8.09. The lowest BCUT2D eigenvalue weighted by molar-refractivity contribution is -0.793. The molecule has 148 valence electrons. The zero-order valence-corrected chi connectivity index (χ0v) is 16.4. The molecular formula is C20H29N2O5+. The molecule has 1 aliphatic rings. The highest BCUT2D eigenvalue weighted by atomic mass is 16.6. The number of carboxylic acid groups (broad SMARTS) is 1. The molecule has 2 N–H and O–H groups in total. The van der Waals surface area contributed by atoms with Crippen molar-refractivity contribution in [3.05, 3.63) is 35.9 Å². The van der Waals surface area contributed by atoms with Crippen LogP contribution in [0, 0.1) is 0 Å². The summed E-state index contributed by atoms with van der Waals surface area (Å²) in [5.41, 5.74) is 0.118. The molecule has 1 saturated heterocycles. The van der Waals surface area contributed by atoms with Crippen molar-refractivity contribution in [2.75, 3.05) is 6.54 Å². The van der Waals surface area contributed by atoms with Crippen molar-refractivity contribution in [1.82, 2.24) is 5.32 Å². The predicted octanol–water partition coefficient (Wildman–Crippen LogP) is 3.33. The first kappa shape index (κ1) is 20.9. The Balaban J connectivity index is 2.31. The van der Waals surface area contributed by atoms with Gasteiger partial charge < -0.3 is 15.2 Å². The van der Waals surface area contributed by atoms with E-state index in [2.05, 4.69) is 5.32 Å². The number of hydrogen-bond donors (Lipinski definition) is 2. The number of carbonyl (C=O) groups excluding carboxylic acids is 2. The highest BCUT2D eigenvalue weighted by molar-refractivity contribution is 5.87. The lowest BCUT2D eigenvalue weighted by Crippen LogP contribution is -2.65. The summed E-state index contributed by atoms with van der Waals surface area (Å²) in [6, 6.07) is 7.89. The zero-order valence-electron chi connectivity index (χ0n) is 16.4. The van der Waals surface area contributed by atoms with E-state index < -0.39 is 34.2 Å². The molecule has 0 spiro atoms. The Labute approximate surface area is 159 Å². The van der Waals surface area contributed by atoms with Crippen LogP contribution in [0.1, 0.15) is 46.1 Å². The van der Waals surface area contributed by atoms with Gasteiger partial charge in [0, 0.05) is 19.3 Å². The maximum atomic E-state index is 13.3. The van der Waals surface area contributed by atoms with Crippen LogP contribution in [0.15, 0.2) is 30.3 Å². The average Bonchev–Trinajstić information content (AvgIpc) is 2.95. The Morgan fingerprint density at radius 3 is 2.37 bits per heavy atom. The molecule has 0 radical (unpaired) electrons. The Hall–Kier alpha value is -2.41. The quantitative estimate of drug-likeness (QED) is 0.785. The Bertz CT molecular complexity index is 698. The van der Waals surface area contributed by atoms with Crippen LogP contribution < -0.4 is 5.32 Å². The van der Waals surface area contributed by atoms with Crippen molar-refractivity contribution in [3.63, 3.8) is 0 Å². The molecule has 1 aliphatic heterocycles. The highest BCUT2D eigenvalue weighted by Crippen LogP contribution is 2.29. The number of amides is 3. The SMILES string of the molecule is C[C@@H]1CCC[N+]1(C(=O)O)C(=O)[C@@H](Cc1ccccc1)NC(=O)OC(C)(C)C. The van der Waals surface area contributed by atoms with Gasteiger partial charge in [-0.3, -0.25) is 0 Å². The van der Waals surface area contributed by atoms with Gasteiger partial charge in [-0.1, -0.05) is 30.3 Å². The highest BCUT2D eigenvalue weighted by Gasteiger charge is 2.55. The first-order valence-electron chi connectivity index (χ1n) is 9.25. The van der Waals surface area contributed by atoms with E-state index in [1.165, 1.54) is 0 Å². The fraction of sp³-hybridized carbons (Fsp3) is 0.550. The van der Waals surface area contributed by atoms with Gasteiger partial charge in [0.2, 0.25) is 0 Å². The van der Waals surface area contributed by atoms with Crippen LogP contribution in [0.2, 0.25) is 0 Å². The molecule has 7 nitrogen and oxygen atoms in total. The van der Waals surface area contributed by atoms with Crippen LogP contribution in [0.25, 0.3) is 0 Å². The molecule has 0 bridgehead atoms. The number of quaternary nitrogens is 1. The third kappa shape index (κ3) is 4.86. The molecule has 0 saturated carbocycles. The number of ether oxygens (including phenoxy) is 1. The minimum absolute atomic E-state index is 0.207. The molecule has 2 rings (SSSR count). The first-order chi connectivity index (χ1) is 12.6. The fourth-order valence-corrected chi connectivity index (χ4v) is 3.56. The second kappa shape index (κ2) is 8.08. The number of nitrogens with one attached hydrogen (secondary N) is 1. The summed E-state index contributed by atoms with van der Waals surface area (Å²) >= 11 is 0. The zero-order chi connectivity index (χ0) is 20.2. The van der Waals surface area contributed by atoms with Crippen molar-refractivity contribution >= 4 is 18.1 Å². The second-order valence-electron chi connectivity index (χ2n) is 8.09. The Morgan fingerprint density at radius 1 is 1.26 bits per heavy atom. The van der Waals surface area contributed by atoms with E-state index in [4.69, 9.17) is 4.74 Å². The number of imide groups is 1. The normalized spacial score (nSPS) is 23.5. The van der Waals surface area contributed by atoms with Gasteiger partial charge in [-0.25, -0.2) is 9.59 Å². The molecule has 27 heavy (non-hydrogen) atoms. The molecular weight excluding hydrogens is 348 g/mol. The van der Waals surface area contributed by atoms with E-state index in [1.54, 1.807) is 27.7 Å². The number of nitrogens with zero attached hydrogens (tertiary/aromatic N) is 1. The van der Waals surface area contributed by atoms with Crippen molar-refractivity contribution in [2.24, 2.45) is 0 Å². The molecule has 1 fully saturated rings. The molecule has 0 aromatic heterocycles. The molecule has 3 amide bonds. The van der Waals surface area contributed by atoms with E-state index in [-0.39, 0.29) is 19.0 Å². The van der Waals surface area contributed by atoms with E-state index in [0.29, 0.717) is 12.8 Å². The van der Waals surface area contributed by atoms with E-state index in [1.807, 2.05) is 30.3 Å². The van der Waals surface area contributed by atoms with Gasteiger partial charge in [0.05, 0.1) is 6.54 Å². The van der Waals surface area contributed by atoms with Crippen molar-refractivity contribution in [3.8, 4) is 0 Å². The predicted molar refractivity (Wildman–Crippen MR) is 100 cm³/mol. The van der Waals surface area contributed by atoms with Crippen LogP contribution >= 0.6 is 0 Å². The number of benzene rings is 1. The average molecular weight is 377 g/mol. The summed E-state index contributed by atoms with van der Waals surface area (Å²) in [5, 5.41) is 12.5. The number of alkyl carbamates (subject to hydrolysis) is 1. The minimum Gasteiger partial charge on any atom is -0.444 e. The first-order valence-corrected chi connectivity index (χ1v) is 9.25. The van der Waals surface area contributed by atoms with Gasteiger partial charge in [0.25, 0.3) is 0 Å². The molecule has 1 unspecified atom stereocenters. The van der Waals surface area contributed by atoms with Crippen LogP contribution in [-0.2, 0) is 16.0 Å². The van der Waals surface area contributed by atoms with Crippen molar-refractivity contribution < 1.29 is 28.7 Å². The van der Waals surface area contributed by atoms with Crippen LogP contribution in [0.5, 0.6) is 0 Å². The maximum Gasteiger partial charge on any atom is 0.521 e. The number of hydrogen-bond acceptors (Lipinski definition) is 4. The minimum atomic E-state index is -1.17. The van der Waals surface area contributed by atoms with Gasteiger partial charge >= 0.3 is 18.1 Å². The van der Waals surface area contributed by atoms with Crippen LogP contribution in [-0.4, -0.2) is 51.9 Å². The van der Waals surface area contributed by atoms with Gasteiger partial charge in [0.1, 0.15) is 11.6 Å². The largest absolute Gasteiger partial charge is 0.521 e. The van der Waals surface area contributed by atoms with Gasteiger partial charge in [-0.15, -0.1) is 0 Å². The van der Waals surface area contributed by atoms with Crippen LogP contribution in [0.4, 0.5) is 9.59 Å². The summed E-state index contributed by atoms with van der Waals surface area (Å²) in [4.78, 5) is 37.7. The molecule has 7 heteroatoms. The summed E-state index contributed by atoms with van der Waals surface area (Å²) < 4.78 is 4.62. The fourth-order valence-electron chi connectivity index (χ4n) is 3.56. The molecule has 0 aliphatic carbocycles. The Morgan fingerprint density at radius 2 is 1.89 bits per heavy atom. The van der Waals surface area contributed by atoms with Crippen molar-refractivity contribution in [2.45, 2.75) is 64.6 Å². The summed E-state index contributed by atoms with van der Waals surface area (Å²) in [6.45, 7) is 7.19.